The van der Waals surface area contributed by atoms with E-state index in [0.29, 0.717) is 23.6 Å². The van der Waals surface area contributed by atoms with E-state index in [4.69, 9.17) is 9.47 Å². The van der Waals surface area contributed by atoms with E-state index in [1.165, 1.54) is 0 Å². The van der Waals surface area contributed by atoms with Gasteiger partial charge in [-0.1, -0.05) is 6.07 Å². The lowest BCUT2D eigenvalue weighted by Gasteiger charge is -2.19. The zero-order valence-electron chi connectivity index (χ0n) is 15.9. The summed E-state index contributed by atoms with van der Waals surface area (Å²) in [4.78, 5) is 26.2. The molecular weight excluding hydrogens is 344 g/mol. The maximum atomic E-state index is 12.4. The molecule has 0 aromatic heterocycles. The summed E-state index contributed by atoms with van der Waals surface area (Å²) in [7, 11) is 3.15. The van der Waals surface area contributed by atoms with Crippen LogP contribution in [0.25, 0.3) is 0 Å². The van der Waals surface area contributed by atoms with Gasteiger partial charge in [-0.25, -0.2) is 0 Å². The predicted molar refractivity (Wildman–Crippen MR) is 105 cm³/mol. The normalized spacial score (nSPS) is 13.6. The van der Waals surface area contributed by atoms with Crippen LogP contribution in [0.5, 0.6) is 11.5 Å². The number of benzene rings is 2. The maximum absolute atomic E-state index is 12.4. The minimum Gasteiger partial charge on any atom is -0.497 e. The van der Waals surface area contributed by atoms with Gasteiger partial charge in [-0.05, 0) is 43.2 Å². The summed E-state index contributed by atoms with van der Waals surface area (Å²) in [6.07, 6.45) is 1.68. The summed E-state index contributed by atoms with van der Waals surface area (Å²) in [6.45, 7) is 2.70. The number of nitrogens with one attached hydrogen (secondary N) is 1. The summed E-state index contributed by atoms with van der Waals surface area (Å²) in [5, 5.41) is 2.91. The molecule has 1 N–H and O–H groups in total. The molecule has 142 valence electrons. The molecule has 0 aliphatic carbocycles. The number of rotatable bonds is 6. The lowest BCUT2D eigenvalue weighted by Crippen LogP contribution is -2.24. The molecule has 3 rings (SSSR count). The van der Waals surface area contributed by atoms with E-state index in [2.05, 4.69) is 5.32 Å². The van der Waals surface area contributed by atoms with Gasteiger partial charge in [0.2, 0.25) is 11.8 Å². The maximum Gasteiger partial charge on any atom is 0.228 e. The van der Waals surface area contributed by atoms with Gasteiger partial charge in [0.05, 0.1) is 20.6 Å². The highest BCUT2D eigenvalue weighted by Gasteiger charge is 2.23. The number of carbonyl (C=O) groups excluding carboxylic acids is 2. The van der Waals surface area contributed by atoms with E-state index in [-0.39, 0.29) is 18.2 Å². The van der Waals surface area contributed by atoms with Crippen molar-refractivity contribution < 1.29 is 19.1 Å². The van der Waals surface area contributed by atoms with E-state index < -0.39 is 0 Å². The van der Waals surface area contributed by atoms with Crippen molar-refractivity contribution in [2.45, 2.75) is 26.2 Å². The molecule has 6 nitrogen and oxygen atoms in total. The van der Waals surface area contributed by atoms with Crippen LogP contribution >= 0.6 is 0 Å². The van der Waals surface area contributed by atoms with Gasteiger partial charge in [-0.15, -0.1) is 0 Å². The number of hydrogen-bond acceptors (Lipinski definition) is 4. The van der Waals surface area contributed by atoms with Crippen molar-refractivity contribution in [3.63, 3.8) is 0 Å². The molecule has 1 aliphatic heterocycles. The summed E-state index contributed by atoms with van der Waals surface area (Å²) in [6, 6.07) is 11.0. The second-order valence-electron chi connectivity index (χ2n) is 6.55. The third kappa shape index (κ3) is 4.22. The molecule has 27 heavy (non-hydrogen) atoms. The van der Waals surface area contributed by atoms with Crippen molar-refractivity contribution in [3.8, 4) is 11.5 Å². The molecule has 0 atom stereocenters. The van der Waals surface area contributed by atoms with Crippen molar-refractivity contribution in [1.29, 1.82) is 0 Å². The predicted octanol–water partition coefficient (Wildman–Crippen LogP) is 3.32. The van der Waals surface area contributed by atoms with Crippen LogP contribution in [0.2, 0.25) is 0 Å². The van der Waals surface area contributed by atoms with Crippen LogP contribution in [0.15, 0.2) is 36.4 Å². The first-order valence-electron chi connectivity index (χ1n) is 8.93. The van der Waals surface area contributed by atoms with Crippen molar-refractivity contribution in [1.82, 2.24) is 0 Å². The standard InChI is InChI=1S/C21H24N2O4/c1-14-11-16(7-9-18(14)23-10-4-5-21(23)25)22-20(24)12-15-6-8-17(26-2)13-19(15)27-3/h6-9,11,13H,4-5,10,12H2,1-3H3,(H,22,24). The van der Waals surface area contributed by atoms with Crippen molar-refractivity contribution in [3.05, 3.63) is 47.5 Å². The molecule has 1 fully saturated rings. The fourth-order valence-corrected chi connectivity index (χ4v) is 3.31. The Labute approximate surface area is 159 Å². The molecule has 0 spiro atoms. The van der Waals surface area contributed by atoms with E-state index >= 15 is 0 Å². The summed E-state index contributed by atoms with van der Waals surface area (Å²) < 4.78 is 10.5. The van der Waals surface area contributed by atoms with Crippen molar-refractivity contribution >= 4 is 23.2 Å². The van der Waals surface area contributed by atoms with Crippen molar-refractivity contribution in [2.75, 3.05) is 31.0 Å². The number of nitrogens with zero attached hydrogens (tertiary/aromatic N) is 1. The highest BCUT2D eigenvalue weighted by molar-refractivity contribution is 5.97. The largest absolute Gasteiger partial charge is 0.497 e. The molecular formula is C21H24N2O4. The van der Waals surface area contributed by atoms with Gasteiger partial charge in [-0.3, -0.25) is 9.59 Å². The summed E-state index contributed by atoms with van der Waals surface area (Å²) >= 11 is 0. The Morgan fingerprint density at radius 3 is 2.59 bits per heavy atom. The first-order valence-corrected chi connectivity index (χ1v) is 8.93. The molecule has 2 amide bonds. The number of carbonyl (C=O) groups is 2. The lowest BCUT2D eigenvalue weighted by molar-refractivity contribution is -0.117. The van der Waals surface area contributed by atoms with Crippen LogP contribution in [0.1, 0.15) is 24.0 Å². The first kappa shape index (κ1) is 18.8. The average Bonchev–Trinajstić information content (AvgIpc) is 3.08. The monoisotopic (exact) mass is 368 g/mol. The molecule has 0 unspecified atom stereocenters. The third-order valence-corrected chi connectivity index (χ3v) is 4.69. The second-order valence-corrected chi connectivity index (χ2v) is 6.55. The number of aryl methyl sites for hydroxylation is 1. The molecule has 2 aromatic rings. The highest BCUT2D eigenvalue weighted by Crippen LogP contribution is 2.28. The third-order valence-electron chi connectivity index (χ3n) is 4.69. The van der Waals surface area contributed by atoms with Gasteiger partial charge in [0.1, 0.15) is 11.5 Å². The van der Waals surface area contributed by atoms with E-state index in [0.717, 1.165) is 29.8 Å². The topological polar surface area (TPSA) is 67.9 Å². The zero-order valence-corrected chi connectivity index (χ0v) is 15.9. The minimum absolute atomic E-state index is 0.136. The fraction of sp³-hybridized carbons (Fsp3) is 0.333. The molecule has 1 heterocycles. The van der Waals surface area contributed by atoms with Crippen LogP contribution in [-0.2, 0) is 16.0 Å². The lowest BCUT2D eigenvalue weighted by atomic mass is 10.1. The van der Waals surface area contributed by atoms with Crippen LogP contribution < -0.4 is 19.7 Å². The van der Waals surface area contributed by atoms with Crippen LogP contribution in [0.4, 0.5) is 11.4 Å². The number of hydrogen-bond donors (Lipinski definition) is 1. The quantitative estimate of drug-likeness (QED) is 0.849. The Morgan fingerprint density at radius 2 is 1.96 bits per heavy atom. The van der Waals surface area contributed by atoms with Crippen LogP contribution in [-0.4, -0.2) is 32.6 Å². The Balaban J connectivity index is 1.69. The molecule has 1 aliphatic rings. The number of ether oxygens (including phenoxy) is 2. The molecule has 6 heteroatoms. The van der Waals surface area contributed by atoms with E-state index in [1.54, 1.807) is 26.4 Å². The van der Waals surface area contributed by atoms with Crippen LogP contribution in [0, 0.1) is 6.92 Å². The van der Waals surface area contributed by atoms with Crippen LogP contribution in [0.3, 0.4) is 0 Å². The van der Waals surface area contributed by atoms with E-state index in [1.807, 2.05) is 36.1 Å². The van der Waals surface area contributed by atoms with Gasteiger partial charge in [0.15, 0.2) is 0 Å². The van der Waals surface area contributed by atoms with Crippen molar-refractivity contribution in [2.24, 2.45) is 0 Å². The smallest absolute Gasteiger partial charge is 0.228 e. The molecule has 1 saturated heterocycles. The Bertz CT molecular complexity index is 863. The fourth-order valence-electron chi connectivity index (χ4n) is 3.31. The number of anilines is 2. The summed E-state index contributed by atoms with van der Waals surface area (Å²) in [5.41, 5.74) is 3.37. The molecule has 2 aromatic carbocycles. The Kier molecular flexibility index (Phi) is 5.64. The Morgan fingerprint density at radius 1 is 1.15 bits per heavy atom. The van der Waals surface area contributed by atoms with Gasteiger partial charge in [-0.2, -0.15) is 0 Å². The molecule has 0 saturated carbocycles. The second kappa shape index (κ2) is 8.12. The zero-order chi connectivity index (χ0) is 19.4. The molecule has 0 bridgehead atoms. The average molecular weight is 368 g/mol. The van der Waals surface area contributed by atoms with Gasteiger partial charge >= 0.3 is 0 Å². The number of amides is 2. The Hall–Kier alpha value is -3.02. The van der Waals surface area contributed by atoms with E-state index in [9.17, 15) is 9.59 Å². The van der Waals surface area contributed by atoms with Gasteiger partial charge in [0.25, 0.3) is 0 Å². The first-order chi connectivity index (χ1) is 13.0. The SMILES string of the molecule is COc1ccc(CC(=O)Nc2ccc(N3CCCC3=O)c(C)c2)c(OC)c1. The highest BCUT2D eigenvalue weighted by atomic mass is 16.5. The van der Waals surface area contributed by atoms with Gasteiger partial charge in [0, 0.05) is 36.0 Å². The summed E-state index contributed by atoms with van der Waals surface area (Å²) in [5.74, 6) is 1.31. The number of methoxy groups -OCH3 is 2. The minimum atomic E-state index is -0.136. The molecule has 0 radical (unpaired) electrons. The van der Waals surface area contributed by atoms with Gasteiger partial charge < -0.3 is 19.7 Å².